The topological polar surface area (TPSA) is 18.5 Å². The fourth-order valence-electron chi connectivity index (χ4n) is 1.18. The van der Waals surface area contributed by atoms with Crippen LogP contribution in [0.1, 0.15) is 5.56 Å². The Labute approximate surface area is 81.3 Å². The van der Waals surface area contributed by atoms with E-state index in [-0.39, 0.29) is 0 Å². The summed E-state index contributed by atoms with van der Waals surface area (Å²) in [5.74, 6) is 0. The van der Waals surface area contributed by atoms with E-state index in [1.54, 1.807) is 14.2 Å². The van der Waals surface area contributed by atoms with Crippen LogP contribution < -0.4 is 0 Å². The lowest BCUT2D eigenvalue weighted by Crippen LogP contribution is -2.19. The smallest absolute Gasteiger partial charge is 0.384 e. The predicted octanol–water partition coefficient (Wildman–Crippen LogP) is 2.01. The average molecular weight is 195 g/mol. The molecule has 0 unspecified atom stereocenters. The molecule has 0 saturated heterocycles. The van der Waals surface area contributed by atoms with E-state index in [2.05, 4.69) is 24.3 Å². The van der Waals surface area contributed by atoms with E-state index in [1.807, 2.05) is 6.07 Å². The van der Waals surface area contributed by atoms with E-state index in [9.17, 15) is 0 Å². The normalized spacial score (nSPS) is 10.7. The molecule has 3 heteroatoms. The fraction of sp³-hybridized carbons (Fsp3) is 0.400. The highest BCUT2D eigenvalue weighted by Crippen LogP contribution is 2.05. The van der Waals surface area contributed by atoms with Gasteiger partial charge >= 0.3 is 9.28 Å². The lowest BCUT2D eigenvalue weighted by atomic mass is 10.2. The molecule has 0 aromatic heterocycles. The van der Waals surface area contributed by atoms with Gasteiger partial charge in [0.1, 0.15) is 0 Å². The molecule has 0 N–H and O–H groups in total. The van der Waals surface area contributed by atoms with Crippen molar-refractivity contribution < 1.29 is 8.85 Å². The first-order valence-electron chi connectivity index (χ1n) is 4.34. The molecule has 0 spiro atoms. The number of rotatable bonds is 5. The Balaban J connectivity index is 2.34. The number of hydrogen-bond donors (Lipinski definition) is 0. The summed E-state index contributed by atoms with van der Waals surface area (Å²) in [6, 6.07) is 11.4. The van der Waals surface area contributed by atoms with E-state index in [0.717, 1.165) is 12.5 Å². The molecule has 1 aromatic carbocycles. The highest BCUT2D eigenvalue weighted by Gasteiger charge is 2.10. The molecule has 1 rings (SSSR count). The number of benzene rings is 1. The van der Waals surface area contributed by atoms with Gasteiger partial charge in [-0.3, -0.25) is 0 Å². The van der Waals surface area contributed by atoms with Crippen LogP contribution in [0.5, 0.6) is 0 Å². The van der Waals surface area contributed by atoms with Crippen LogP contribution in [0.15, 0.2) is 30.3 Å². The maximum absolute atomic E-state index is 5.20. The molecule has 0 atom stereocenters. The summed E-state index contributed by atoms with van der Waals surface area (Å²) in [5.41, 5.74) is 1.35. The van der Waals surface area contributed by atoms with Crippen LogP contribution in [-0.4, -0.2) is 23.5 Å². The van der Waals surface area contributed by atoms with Gasteiger partial charge in [0.05, 0.1) is 0 Å². The minimum Gasteiger partial charge on any atom is -0.397 e. The molecule has 0 saturated carbocycles. The molecule has 1 radical (unpaired) electrons. The monoisotopic (exact) mass is 195 g/mol. The molecule has 0 fully saturated rings. The predicted molar refractivity (Wildman–Crippen MR) is 54.7 cm³/mol. The van der Waals surface area contributed by atoms with Gasteiger partial charge in [-0.2, -0.15) is 0 Å². The quantitative estimate of drug-likeness (QED) is 0.669. The van der Waals surface area contributed by atoms with Crippen LogP contribution in [0.4, 0.5) is 0 Å². The third kappa shape index (κ3) is 3.72. The maximum Gasteiger partial charge on any atom is 0.384 e. The first-order chi connectivity index (χ1) is 6.36. The summed E-state index contributed by atoms with van der Waals surface area (Å²) in [6.07, 6.45) is 1.04. The molecule has 0 heterocycles. The van der Waals surface area contributed by atoms with Crippen molar-refractivity contribution in [2.75, 3.05) is 14.2 Å². The minimum atomic E-state index is -1.02. The second-order valence-electron chi connectivity index (χ2n) is 2.77. The Morgan fingerprint density at radius 1 is 1.08 bits per heavy atom. The lowest BCUT2D eigenvalue weighted by Gasteiger charge is -2.08. The Morgan fingerprint density at radius 2 is 1.69 bits per heavy atom. The first-order valence-corrected chi connectivity index (χ1v) is 5.87. The van der Waals surface area contributed by atoms with Crippen LogP contribution in [-0.2, 0) is 15.3 Å². The van der Waals surface area contributed by atoms with E-state index < -0.39 is 9.28 Å². The van der Waals surface area contributed by atoms with Crippen LogP contribution in [0.25, 0.3) is 0 Å². The fourth-order valence-corrected chi connectivity index (χ4v) is 2.25. The minimum absolute atomic E-state index is 1.00. The third-order valence-electron chi connectivity index (χ3n) is 1.92. The van der Waals surface area contributed by atoms with E-state index in [4.69, 9.17) is 8.85 Å². The maximum atomic E-state index is 5.20. The van der Waals surface area contributed by atoms with Gasteiger partial charge in [-0.1, -0.05) is 30.3 Å². The van der Waals surface area contributed by atoms with E-state index in [1.165, 1.54) is 5.56 Å². The third-order valence-corrected chi connectivity index (χ3v) is 3.48. The zero-order chi connectivity index (χ0) is 9.52. The van der Waals surface area contributed by atoms with Crippen molar-refractivity contribution in [2.45, 2.75) is 12.5 Å². The molecule has 0 aliphatic heterocycles. The Hall–Kier alpha value is -0.643. The van der Waals surface area contributed by atoms with Gasteiger partial charge in [0.2, 0.25) is 0 Å². The van der Waals surface area contributed by atoms with Gasteiger partial charge in [-0.05, 0) is 18.0 Å². The lowest BCUT2D eigenvalue weighted by molar-refractivity contribution is 0.277. The largest absolute Gasteiger partial charge is 0.397 e. The summed E-state index contributed by atoms with van der Waals surface area (Å²) in [4.78, 5) is 0. The SMILES string of the molecule is CO[Si](CCc1ccccc1)OC. The highest BCUT2D eigenvalue weighted by molar-refractivity contribution is 6.44. The first kappa shape index (κ1) is 10.4. The van der Waals surface area contributed by atoms with Crippen molar-refractivity contribution in [2.24, 2.45) is 0 Å². The van der Waals surface area contributed by atoms with Gasteiger partial charge < -0.3 is 8.85 Å². The zero-order valence-corrected chi connectivity index (χ0v) is 9.12. The van der Waals surface area contributed by atoms with E-state index >= 15 is 0 Å². The summed E-state index contributed by atoms with van der Waals surface area (Å²) in [7, 11) is 2.40. The second kappa shape index (κ2) is 5.91. The summed E-state index contributed by atoms with van der Waals surface area (Å²) < 4.78 is 10.4. The van der Waals surface area contributed by atoms with Gasteiger partial charge in [-0.25, -0.2) is 0 Å². The molecule has 0 amide bonds. The number of hydrogen-bond acceptors (Lipinski definition) is 2. The van der Waals surface area contributed by atoms with Crippen LogP contribution in [0.2, 0.25) is 6.04 Å². The second-order valence-corrected chi connectivity index (χ2v) is 4.83. The average Bonchev–Trinajstić information content (AvgIpc) is 2.21. The van der Waals surface area contributed by atoms with Crippen molar-refractivity contribution in [1.82, 2.24) is 0 Å². The van der Waals surface area contributed by atoms with Gasteiger partial charge in [0.15, 0.2) is 0 Å². The standard InChI is InChI=1S/C10H15O2Si/c1-11-13(12-2)9-8-10-6-4-3-5-7-10/h3-7H,8-9H2,1-2H3. The zero-order valence-electron chi connectivity index (χ0n) is 8.12. The van der Waals surface area contributed by atoms with Crippen molar-refractivity contribution >= 4 is 9.28 Å². The summed E-state index contributed by atoms with van der Waals surface area (Å²) >= 11 is 0. The molecule has 0 aliphatic rings. The number of aryl methyl sites for hydroxylation is 1. The highest BCUT2D eigenvalue weighted by atomic mass is 28.3. The van der Waals surface area contributed by atoms with Crippen molar-refractivity contribution in [3.8, 4) is 0 Å². The van der Waals surface area contributed by atoms with Crippen molar-refractivity contribution in [3.05, 3.63) is 35.9 Å². The van der Waals surface area contributed by atoms with Crippen molar-refractivity contribution in [1.29, 1.82) is 0 Å². The van der Waals surface area contributed by atoms with Crippen LogP contribution in [0, 0.1) is 0 Å². The molecule has 0 aliphatic carbocycles. The molecule has 2 nitrogen and oxygen atoms in total. The van der Waals surface area contributed by atoms with Gasteiger partial charge in [0, 0.05) is 14.2 Å². The van der Waals surface area contributed by atoms with Crippen molar-refractivity contribution in [3.63, 3.8) is 0 Å². The molecular weight excluding hydrogens is 180 g/mol. The molecule has 13 heavy (non-hydrogen) atoms. The van der Waals surface area contributed by atoms with Gasteiger partial charge in [-0.15, -0.1) is 0 Å². The Kier molecular flexibility index (Phi) is 4.75. The molecule has 1 aromatic rings. The molecule has 71 valence electrons. The summed E-state index contributed by atoms with van der Waals surface area (Å²) in [6.45, 7) is 0. The van der Waals surface area contributed by atoms with Gasteiger partial charge in [0.25, 0.3) is 0 Å². The van der Waals surface area contributed by atoms with E-state index in [0.29, 0.717) is 0 Å². The Bertz CT molecular complexity index is 222. The molecule has 0 bridgehead atoms. The Morgan fingerprint density at radius 3 is 2.23 bits per heavy atom. The van der Waals surface area contributed by atoms with Crippen LogP contribution in [0.3, 0.4) is 0 Å². The van der Waals surface area contributed by atoms with Crippen LogP contribution >= 0.6 is 0 Å². The molecular formula is C10H15O2Si. The summed E-state index contributed by atoms with van der Waals surface area (Å²) in [5, 5.41) is 0.